The van der Waals surface area contributed by atoms with E-state index in [1.165, 1.54) is 12.1 Å². The second-order valence-electron chi connectivity index (χ2n) is 8.79. The summed E-state index contributed by atoms with van der Waals surface area (Å²) in [5.74, 6) is 0.581. The van der Waals surface area contributed by atoms with Gasteiger partial charge in [0.25, 0.3) is 0 Å². The summed E-state index contributed by atoms with van der Waals surface area (Å²) < 4.78 is 13.2. The van der Waals surface area contributed by atoms with E-state index in [1.54, 1.807) is 12.1 Å². The Labute approximate surface area is 159 Å². The molecule has 2 amide bonds. The second-order valence-corrected chi connectivity index (χ2v) is 8.79. The predicted molar refractivity (Wildman–Crippen MR) is 99.4 cm³/mol. The van der Waals surface area contributed by atoms with Gasteiger partial charge in [-0.25, -0.2) is 4.39 Å². The maximum absolute atomic E-state index is 13.4. The van der Waals surface area contributed by atoms with Crippen molar-refractivity contribution in [3.63, 3.8) is 0 Å². The van der Waals surface area contributed by atoms with Gasteiger partial charge in [-0.15, -0.1) is 0 Å². The Balaban J connectivity index is 1.36. The highest BCUT2D eigenvalue weighted by atomic mass is 19.1. The Bertz CT molecular complexity index is 735. The number of carbonyl (C=O) groups excluding carboxylic acids is 2. The van der Waals surface area contributed by atoms with E-state index < -0.39 is 0 Å². The molecule has 6 rings (SSSR count). The molecular formula is C22H27FN2O2. The summed E-state index contributed by atoms with van der Waals surface area (Å²) in [7, 11) is 0. The standard InChI is InChI=1S/C22H27FN2O2/c23-16-7-3-14(4-8-16)18-13-19(18)21(26)25-17-9-5-15(6-10-17)20(25)22(27)24-11-1-2-12-24/h3-4,7-8,15,17-20H,1-2,5-6,9-13H2/t15?,17?,18?,19?,20-/m0/s1. The number of halogens is 1. The van der Waals surface area contributed by atoms with Crippen LogP contribution in [-0.4, -0.2) is 46.8 Å². The zero-order chi connectivity index (χ0) is 18.5. The van der Waals surface area contributed by atoms with Crippen molar-refractivity contribution in [2.45, 2.75) is 62.9 Å². The Morgan fingerprint density at radius 3 is 2.26 bits per heavy atom. The van der Waals surface area contributed by atoms with Crippen LogP contribution in [-0.2, 0) is 9.59 Å². The highest BCUT2D eigenvalue weighted by Crippen LogP contribution is 2.51. The van der Waals surface area contributed by atoms with Crippen molar-refractivity contribution in [2.75, 3.05) is 13.1 Å². The summed E-state index contributed by atoms with van der Waals surface area (Å²) in [6, 6.07) is 6.52. The third-order valence-electron chi connectivity index (χ3n) is 7.21. The number of hydrogen-bond donors (Lipinski definition) is 0. The number of hydrogen-bond acceptors (Lipinski definition) is 2. The van der Waals surface area contributed by atoms with Gasteiger partial charge in [0.15, 0.2) is 0 Å². The van der Waals surface area contributed by atoms with Gasteiger partial charge in [-0.1, -0.05) is 12.1 Å². The maximum atomic E-state index is 13.4. The molecule has 2 bridgehead atoms. The van der Waals surface area contributed by atoms with Crippen LogP contribution >= 0.6 is 0 Å². The normalized spacial score (nSPS) is 34.8. The summed E-state index contributed by atoms with van der Waals surface area (Å²) in [5.41, 5.74) is 1.04. The van der Waals surface area contributed by atoms with Gasteiger partial charge in [0.2, 0.25) is 11.8 Å². The van der Waals surface area contributed by atoms with Gasteiger partial charge in [-0.05, 0) is 74.5 Å². The maximum Gasteiger partial charge on any atom is 0.245 e. The van der Waals surface area contributed by atoms with Gasteiger partial charge in [-0.3, -0.25) is 9.59 Å². The fourth-order valence-corrected chi connectivity index (χ4v) is 5.65. The van der Waals surface area contributed by atoms with E-state index in [1.807, 2.05) is 9.80 Å². The lowest BCUT2D eigenvalue weighted by atomic mass is 9.73. The van der Waals surface area contributed by atoms with Crippen LogP contribution in [0.25, 0.3) is 0 Å². The molecule has 0 aromatic heterocycles. The van der Waals surface area contributed by atoms with E-state index in [0.717, 1.165) is 63.6 Å². The number of nitrogens with zero attached hydrogens (tertiary/aromatic N) is 2. The molecule has 27 heavy (non-hydrogen) atoms. The zero-order valence-electron chi connectivity index (χ0n) is 15.6. The molecule has 1 aromatic carbocycles. The zero-order valence-corrected chi connectivity index (χ0v) is 15.6. The molecule has 1 aromatic rings. The van der Waals surface area contributed by atoms with Crippen molar-refractivity contribution in [2.24, 2.45) is 11.8 Å². The fraction of sp³-hybridized carbons (Fsp3) is 0.636. The van der Waals surface area contributed by atoms with Crippen molar-refractivity contribution in [3.8, 4) is 0 Å². The van der Waals surface area contributed by atoms with Crippen molar-refractivity contribution in [1.29, 1.82) is 0 Å². The molecule has 0 radical (unpaired) electrons. The first-order valence-corrected chi connectivity index (χ1v) is 10.5. The number of benzene rings is 1. The van der Waals surface area contributed by atoms with Crippen molar-refractivity contribution in [1.82, 2.24) is 9.80 Å². The van der Waals surface area contributed by atoms with Crippen LogP contribution in [0.5, 0.6) is 0 Å². The van der Waals surface area contributed by atoms with Crippen LogP contribution in [0.15, 0.2) is 24.3 Å². The molecule has 3 aliphatic heterocycles. The van der Waals surface area contributed by atoms with Crippen LogP contribution in [0.1, 0.15) is 56.4 Å². The molecule has 2 unspecified atom stereocenters. The summed E-state index contributed by atoms with van der Waals surface area (Å²) in [5, 5.41) is 0. The number of carbonyl (C=O) groups is 2. The highest BCUT2D eigenvalue weighted by Gasteiger charge is 2.54. The Morgan fingerprint density at radius 1 is 0.926 bits per heavy atom. The van der Waals surface area contributed by atoms with Crippen LogP contribution < -0.4 is 0 Å². The molecule has 5 fully saturated rings. The summed E-state index contributed by atoms with van der Waals surface area (Å²) in [6.45, 7) is 1.69. The molecule has 0 N–H and O–H groups in total. The minimum absolute atomic E-state index is 0.0383. The fourth-order valence-electron chi connectivity index (χ4n) is 5.65. The van der Waals surface area contributed by atoms with Crippen molar-refractivity contribution >= 4 is 11.8 Å². The highest BCUT2D eigenvalue weighted by molar-refractivity contribution is 5.91. The van der Waals surface area contributed by atoms with E-state index in [9.17, 15) is 14.0 Å². The number of rotatable bonds is 3. The first-order chi connectivity index (χ1) is 13.1. The Morgan fingerprint density at radius 2 is 1.59 bits per heavy atom. The van der Waals surface area contributed by atoms with Crippen molar-refractivity contribution in [3.05, 3.63) is 35.6 Å². The predicted octanol–water partition coefficient (Wildman–Crippen LogP) is 3.32. The quantitative estimate of drug-likeness (QED) is 0.819. The molecule has 5 aliphatic rings. The minimum Gasteiger partial charge on any atom is -0.341 e. The van der Waals surface area contributed by atoms with Gasteiger partial charge in [0, 0.05) is 25.0 Å². The summed E-state index contributed by atoms with van der Waals surface area (Å²) in [4.78, 5) is 30.6. The van der Waals surface area contributed by atoms with Gasteiger partial charge < -0.3 is 9.80 Å². The molecule has 2 aliphatic carbocycles. The topological polar surface area (TPSA) is 40.6 Å². The van der Waals surface area contributed by atoms with E-state index in [0.29, 0.717) is 5.92 Å². The SMILES string of the molecule is O=C([C@@H]1C2CCC(CC2)N1C(=O)C1CC1c1ccc(F)cc1)N1CCCC1. The number of amides is 2. The number of piperidine rings is 2. The third-order valence-corrected chi connectivity index (χ3v) is 7.21. The van der Waals surface area contributed by atoms with Crippen LogP contribution in [0, 0.1) is 17.7 Å². The van der Waals surface area contributed by atoms with Crippen LogP contribution in [0.3, 0.4) is 0 Å². The van der Waals surface area contributed by atoms with E-state index in [4.69, 9.17) is 0 Å². The number of fused-ring (bicyclic) bond motifs is 3. The average Bonchev–Trinajstić information content (AvgIpc) is 3.31. The van der Waals surface area contributed by atoms with Gasteiger partial charge in [0.1, 0.15) is 11.9 Å². The average molecular weight is 370 g/mol. The smallest absolute Gasteiger partial charge is 0.245 e. The van der Waals surface area contributed by atoms with E-state index >= 15 is 0 Å². The molecule has 3 atom stereocenters. The first-order valence-electron chi connectivity index (χ1n) is 10.5. The molecular weight excluding hydrogens is 343 g/mol. The van der Waals surface area contributed by atoms with Crippen LogP contribution in [0.2, 0.25) is 0 Å². The molecule has 3 saturated heterocycles. The summed E-state index contributed by atoms with van der Waals surface area (Å²) in [6.07, 6.45) is 7.20. The third kappa shape index (κ3) is 2.95. The van der Waals surface area contributed by atoms with Gasteiger partial charge >= 0.3 is 0 Å². The molecule has 0 spiro atoms. The largest absolute Gasteiger partial charge is 0.341 e. The molecule has 144 valence electrons. The van der Waals surface area contributed by atoms with Gasteiger partial charge in [0.05, 0.1) is 0 Å². The lowest BCUT2D eigenvalue weighted by molar-refractivity contribution is -0.159. The molecule has 4 nitrogen and oxygen atoms in total. The molecule has 2 saturated carbocycles. The Hall–Kier alpha value is -1.91. The number of likely N-dealkylation sites (tertiary alicyclic amines) is 1. The second kappa shape index (κ2) is 6.61. The minimum atomic E-state index is -0.244. The molecule has 3 heterocycles. The van der Waals surface area contributed by atoms with E-state index in [2.05, 4.69) is 0 Å². The lowest BCUT2D eigenvalue weighted by Gasteiger charge is -2.51. The Kier molecular flexibility index (Phi) is 4.21. The first kappa shape index (κ1) is 17.2. The molecule has 5 heteroatoms. The van der Waals surface area contributed by atoms with Crippen LogP contribution in [0.4, 0.5) is 4.39 Å². The van der Waals surface area contributed by atoms with Gasteiger partial charge in [-0.2, -0.15) is 0 Å². The van der Waals surface area contributed by atoms with Crippen molar-refractivity contribution < 1.29 is 14.0 Å². The van der Waals surface area contributed by atoms with E-state index in [-0.39, 0.29) is 41.6 Å². The monoisotopic (exact) mass is 370 g/mol. The lowest BCUT2D eigenvalue weighted by Crippen LogP contribution is -2.63. The summed E-state index contributed by atoms with van der Waals surface area (Å²) >= 11 is 0.